The SMILES string of the molecule is C[C@H]1CN([C@@H](Cc2ccc3c(c2)CCC3)C(=O)OC(C)(C)C)CCN1C(=O)[C@@H]1CN(C(C)(C)C)C[C@H]1c1ccc(F)cc1F. The summed E-state index contributed by atoms with van der Waals surface area (Å²) in [6.07, 6.45) is 3.92. The molecule has 8 heteroatoms. The van der Waals surface area contributed by atoms with Crippen molar-refractivity contribution < 1.29 is 23.1 Å². The second-order valence-electron chi connectivity index (χ2n) is 15.0. The van der Waals surface area contributed by atoms with Crippen LogP contribution >= 0.6 is 0 Å². The third-order valence-electron chi connectivity index (χ3n) is 9.60. The zero-order chi connectivity index (χ0) is 32.0. The summed E-state index contributed by atoms with van der Waals surface area (Å²) in [4.78, 5) is 34.1. The largest absolute Gasteiger partial charge is 0.459 e. The van der Waals surface area contributed by atoms with Crippen molar-refractivity contribution in [3.05, 3.63) is 70.3 Å². The van der Waals surface area contributed by atoms with E-state index in [0.29, 0.717) is 44.7 Å². The molecule has 0 N–H and O–H groups in total. The number of aryl methyl sites for hydroxylation is 2. The Kier molecular flexibility index (Phi) is 9.26. The number of nitrogens with zero attached hydrogens (tertiary/aromatic N) is 3. The van der Waals surface area contributed by atoms with E-state index in [2.05, 4.69) is 48.8 Å². The van der Waals surface area contributed by atoms with Crippen LogP contribution in [0.5, 0.6) is 0 Å². The Morgan fingerprint density at radius 2 is 1.66 bits per heavy atom. The fourth-order valence-electron chi connectivity index (χ4n) is 7.24. The highest BCUT2D eigenvalue weighted by Crippen LogP contribution is 2.39. The Balaban J connectivity index is 1.35. The van der Waals surface area contributed by atoms with E-state index >= 15 is 4.39 Å². The van der Waals surface area contributed by atoms with Gasteiger partial charge in [0.2, 0.25) is 5.91 Å². The predicted octanol–water partition coefficient (Wildman–Crippen LogP) is 5.75. The maximum atomic E-state index is 15.0. The van der Waals surface area contributed by atoms with E-state index in [1.807, 2.05) is 32.6 Å². The van der Waals surface area contributed by atoms with Gasteiger partial charge < -0.3 is 9.64 Å². The van der Waals surface area contributed by atoms with Crippen LogP contribution in [0.3, 0.4) is 0 Å². The quantitative estimate of drug-likeness (QED) is 0.391. The van der Waals surface area contributed by atoms with Gasteiger partial charge in [0.25, 0.3) is 0 Å². The van der Waals surface area contributed by atoms with E-state index in [4.69, 9.17) is 4.74 Å². The fourth-order valence-corrected chi connectivity index (χ4v) is 7.24. The van der Waals surface area contributed by atoms with Gasteiger partial charge in [-0.3, -0.25) is 19.4 Å². The average Bonchev–Trinajstić information content (AvgIpc) is 3.57. The fraction of sp³-hybridized carbons (Fsp3) is 0.611. The molecule has 0 unspecified atom stereocenters. The standard InChI is InChI=1S/C36H49F2N3O3/c1-23-20-39(32(34(43)44-36(5,6)7)18-24-11-12-25-9-8-10-26(25)17-24)15-16-41(23)33(42)30-22-40(35(2,3)4)21-29(30)28-14-13-27(37)19-31(28)38/h11-14,17,19,23,29-30,32H,8-10,15-16,18,20-22H2,1-7H3/t23-,29-,30+,32-/m0/s1. The lowest BCUT2D eigenvalue weighted by Gasteiger charge is -2.44. The number of ether oxygens (including phenoxy) is 1. The first-order chi connectivity index (χ1) is 20.6. The van der Waals surface area contributed by atoms with Gasteiger partial charge in [-0.1, -0.05) is 24.3 Å². The van der Waals surface area contributed by atoms with Crippen molar-refractivity contribution in [3.8, 4) is 0 Å². The van der Waals surface area contributed by atoms with Crippen molar-refractivity contribution in [1.29, 1.82) is 0 Å². The van der Waals surface area contributed by atoms with Crippen LogP contribution in [-0.2, 0) is 33.6 Å². The Bertz CT molecular complexity index is 1380. The van der Waals surface area contributed by atoms with Gasteiger partial charge in [-0.15, -0.1) is 0 Å². The number of carbonyl (C=O) groups is 2. The maximum Gasteiger partial charge on any atom is 0.324 e. The van der Waals surface area contributed by atoms with Gasteiger partial charge in [-0.2, -0.15) is 0 Å². The van der Waals surface area contributed by atoms with Crippen molar-refractivity contribution in [2.45, 2.75) is 103 Å². The monoisotopic (exact) mass is 609 g/mol. The predicted molar refractivity (Wildman–Crippen MR) is 168 cm³/mol. The smallest absolute Gasteiger partial charge is 0.324 e. The van der Waals surface area contributed by atoms with Crippen LogP contribution in [0.25, 0.3) is 0 Å². The second kappa shape index (κ2) is 12.5. The molecule has 2 fully saturated rings. The summed E-state index contributed by atoms with van der Waals surface area (Å²) in [6, 6.07) is 9.66. The lowest BCUT2D eigenvalue weighted by molar-refractivity contribution is -0.163. The molecule has 1 aliphatic carbocycles. The van der Waals surface area contributed by atoms with E-state index in [-0.39, 0.29) is 29.4 Å². The number of fused-ring (bicyclic) bond motifs is 1. The van der Waals surface area contributed by atoms with Gasteiger partial charge in [-0.25, -0.2) is 8.78 Å². The lowest BCUT2D eigenvalue weighted by Crippen LogP contribution is -2.60. The summed E-state index contributed by atoms with van der Waals surface area (Å²) in [7, 11) is 0. The summed E-state index contributed by atoms with van der Waals surface area (Å²) < 4.78 is 34.7. The minimum atomic E-state index is -0.621. The minimum absolute atomic E-state index is 0.00920. The molecule has 2 heterocycles. The summed E-state index contributed by atoms with van der Waals surface area (Å²) in [6.45, 7) is 16.5. The Labute approximate surface area is 261 Å². The third-order valence-corrected chi connectivity index (χ3v) is 9.60. The van der Waals surface area contributed by atoms with Crippen molar-refractivity contribution in [3.63, 3.8) is 0 Å². The molecular weight excluding hydrogens is 560 g/mol. The highest BCUT2D eigenvalue weighted by Gasteiger charge is 2.46. The number of hydrogen-bond acceptors (Lipinski definition) is 5. The summed E-state index contributed by atoms with van der Waals surface area (Å²) in [5, 5.41) is 0. The number of piperazine rings is 1. The first kappa shape index (κ1) is 32.6. The Morgan fingerprint density at radius 3 is 2.32 bits per heavy atom. The number of rotatable bonds is 6. The number of likely N-dealkylation sites (tertiary alicyclic amines) is 1. The molecule has 2 aliphatic heterocycles. The highest BCUT2D eigenvalue weighted by molar-refractivity contribution is 5.81. The molecule has 2 aromatic rings. The molecule has 1 amide bonds. The Morgan fingerprint density at radius 1 is 0.932 bits per heavy atom. The topological polar surface area (TPSA) is 53.1 Å². The molecule has 240 valence electrons. The molecule has 0 spiro atoms. The molecule has 0 bridgehead atoms. The third kappa shape index (κ3) is 7.17. The van der Waals surface area contributed by atoms with E-state index < -0.39 is 29.2 Å². The maximum absolute atomic E-state index is 15.0. The van der Waals surface area contributed by atoms with Crippen molar-refractivity contribution in [2.75, 3.05) is 32.7 Å². The summed E-state index contributed by atoms with van der Waals surface area (Å²) >= 11 is 0. The second-order valence-corrected chi connectivity index (χ2v) is 15.0. The van der Waals surface area contributed by atoms with Crippen molar-refractivity contribution >= 4 is 11.9 Å². The Hall–Kier alpha value is -2.84. The van der Waals surface area contributed by atoms with E-state index in [1.165, 1.54) is 29.7 Å². The number of esters is 1. The van der Waals surface area contributed by atoms with Gasteiger partial charge in [-0.05, 0) is 102 Å². The van der Waals surface area contributed by atoms with Gasteiger partial charge in [0.05, 0.1) is 5.92 Å². The minimum Gasteiger partial charge on any atom is -0.459 e. The summed E-state index contributed by atoms with van der Waals surface area (Å²) in [5.41, 5.74) is 3.49. The van der Waals surface area contributed by atoms with Crippen LogP contribution in [0.1, 0.15) is 83.1 Å². The van der Waals surface area contributed by atoms with Gasteiger partial charge >= 0.3 is 5.97 Å². The van der Waals surface area contributed by atoms with E-state index in [1.54, 1.807) is 0 Å². The normalized spacial score (nSPS) is 23.9. The first-order valence-electron chi connectivity index (χ1n) is 16.2. The molecule has 4 atom stereocenters. The van der Waals surface area contributed by atoms with Gasteiger partial charge in [0.1, 0.15) is 23.3 Å². The van der Waals surface area contributed by atoms with Crippen molar-refractivity contribution in [1.82, 2.24) is 14.7 Å². The zero-order valence-corrected chi connectivity index (χ0v) is 27.5. The molecule has 3 aliphatic rings. The molecular formula is C36H49F2N3O3. The molecule has 5 rings (SSSR count). The molecule has 0 radical (unpaired) electrons. The van der Waals surface area contributed by atoms with Crippen LogP contribution in [0, 0.1) is 17.6 Å². The van der Waals surface area contributed by atoms with Crippen LogP contribution in [0.2, 0.25) is 0 Å². The highest BCUT2D eigenvalue weighted by atomic mass is 19.1. The van der Waals surface area contributed by atoms with Gasteiger partial charge in [0, 0.05) is 56.3 Å². The number of benzene rings is 2. The number of hydrogen-bond donors (Lipinski definition) is 0. The molecule has 6 nitrogen and oxygen atoms in total. The van der Waals surface area contributed by atoms with Crippen molar-refractivity contribution in [2.24, 2.45) is 5.92 Å². The van der Waals surface area contributed by atoms with E-state index in [9.17, 15) is 14.0 Å². The number of halogens is 2. The van der Waals surface area contributed by atoms with Crippen LogP contribution in [0.4, 0.5) is 8.78 Å². The van der Waals surface area contributed by atoms with Crippen LogP contribution < -0.4 is 0 Å². The first-order valence-corrected chi connectivity index (χ1v) is 16.2. The molecule has 2 saturated heterocycles. The molecule has 2 aromatic carbocycles. The lowest BCUT2D eigenvalue weighted by atomic mass is 9.87. The number of amides is 1. The van der Waals surface area contributed by atoms with E-state index in [0.717, 1.165) is 24.5 Å². The van der Waals surface area contributed by atoms with Crippen LogP contribution in [-0.4, -0.2) is 82.5 Å². The zero-order valence-electron chi connectivity index (χ0n) is 27.5. The average molecular weight is 610 g/mol. The molecule has 0 saturated carbocycles. The van der Waals surface area contributed by atoms with Gasteiger partial charge in [0.15, 0.2) is 0 Å². The number of carbonyl (C=O) groups excluding carboxylic acids is 2. The summed E-state index contributed by atoms with van der Waals surface area (Å²) in [5.74, 6) is -2.30. The molecule has 44 heavy (non-hydrogen) atoms. The van der Waals surface area contributed by atoms with Crippen LogP contribution in [0.15, 0.2) is 36.4 Å². The molecule has 0 aromatic heterocycles.